The number of aliphatic hydroxyl groups excluding tert-OH is 1. The molecule has 0 aromatic carbocycles. The first kappa shape index (κ1) is 12.3. The molecule has 1 aliphatic carbocycles. The molecule has 84 valence electrons. The van der Waals surface area contributed by atoms with Gasteiger partial charge in [0.05, 0.1) is 0 Å². The van der Waals surface area contributed by atoms with E-state index in [-0.39, 0.29) is 27.3 Å². The average molecular weight is 230 g/mol. The molecule has 0 amide bonds. The van der Waals surface area contributed by atoms with Crippen LogP contribution in [0.2, 0.25) is 0 Å². The summed E-state index contributed by atoms with van der Waals surface area (Å²) in [5, 5.41) is 8.97. The lowest BCUT2D eigenvalue weighted by molar-refractivity contribution is -0.140. The smallest absolute Gasteiger partial charge is 0.310 e. The highest BCUT2D eigenvalue weighted by molar-refractivity contribution is 7.24. The number of ether oxygens (including phenoxy) is 1. The maximum Gasteiger partial charge on any atom is 0.310 e. The van der Waals surface area contributed by atoms with Crippen molar-refractivity contribution in [1.29, 1.82) is 0 Å². The van der Waals surface area contributed by atoms with E-state index in [9.17, 15) is 9.36 Å². The molecule has 1 rings (SSSR count). The Labute approximate surface area is 90.5 Å². The monoisotopic (exact) mass is 230 g/mol. The van der Waals surface area contributed by atoms with Crippen LogP contribution in [0.3, 0.4) is 0 Å². The largest absolute Gasteiger partial charge is 0.431 e. The van der Waals surface area contributed by atoms with E-state index in [0.29, 0.717) is 0 Å². The van der Waals surface area contributed by atoms with Gasteiger partial charge in [0.2, 0.25) is 0 Å². The fraction of sp³-hybridized carbons (Fsp3) is 0.700. The van der Waals surface area contributed by atoms with Crippen LogP contribution in [0.1, 0.15) is 38.5 Å². The van der Waals surface area contributed by atoms with Crippen molar-refractivity contribution in [2.75, 3.05) is 0 Å². The van der Waals surface area contributed by atoms with Gasteiger partial charge in [-0.2, -0.15) is 0 Å². The predicted octanol–water partition coefficient (Wildman–Crippen LogP) is 2.38. The van der Waals surface area contributed by atoms with E-state index in [1.807, 2.05) is 6.08 Å². The standard InChI is InChI=1S/C10H15O4P/c11-9(6-7-10(12)15-13)14-8-4-2-1-3-5-8/h4,10,12H,1-3,5-7H2. The van der Waals surface area contributed by atoms with E-state index >= 15 is 0 Å². The minimum atomic E-state index is -0.960. The van der Waals surface area contributed by atoms with Crippen molar-refractivity contribution >= 4 is 14.4 Å². The zero-order chi connectivity index (χ0) is 11.1. The predicted molar refractivity (Wildman–Crippen MR) is 55.5 cm³/mol. The molecule has 1 aliphatic rings. The van der Waals surface area contributed by atoms with Gasteiger partial charge in [0.25, 0.3) is 0 Å². The summed E-state index contributed by atoms with van der Waals surface area (Å²) >= 11 is 0. The second-order valence-corrected chi connectivity index (χ2v) is 4.32. The third-order valence-electron chi connectivity index (χ3n) is 2.22. The molecule has 0 radical (unpaired) electrons. The number of carbonyl (C=O) groups excluding carboxylic acids is 1. The topological polar surface area (TPSA) is 63.6 Å². The van der Waals surface area contributed by atoms with E-state index in [1.54, 1.807) is 0 Å². The Morgan fingerprint density at radius 3 is 3.00 bits per heavy atom. The molecule has 1 atom stereocenters. The first-order valence-corrected chi connectivity index (χ1v) is 6.01. The summed E-state index contributed by atoms with van der Waals surface area (Å²) in [5.41, 5.74) is 0. The van der Waals surface area contributed by atoms with Crippen molar-refractivity contribution < 1.29 is 19.2 Å². The summed E-state index contributed by atoms with van der Waals surface area (Å²) in [7, 11) is -0.341. The van der Waals surface area contributed by atoms with Crippen LogP contribution in [-0.4, -0.2) is 16.9 Å². The molecule has 0 saturated carbocycles. The van der Waals surface area contributed by atoms with Gasteiger partial charge in [0.1, 0.15) is 11.6 Å². The molecule has 4 nitrogen and oxygen atoms in total. The first-order chi connectivity index (χ1) is 7.22. The van der Waals surface area contributed by atoms with Crippen LogP contribution in [0, 0.1) is 0 Å². The van der Waals surface area contributed by atoms with Gasteiger partial charge in [0, 0.05) is 12.8 Å². The highest BCUT2D eigenvalue weighted by Crippen LogP contribution is 2.19. The van der Waals surface area contributed by atoms with Gasteiger partial charge in [-0.15, -0.1) is 0 Å². The molecule has 0 saturated heterocycles. The first-order valence-electron chi connectivity index (χ1n) is 5.12. The second kappa shape index (κ2) is 6.70. The molecule has 0 spiro atoms. The molecule has 0 aliphatic heterocycles. The number of hydrogen-bond acceptors (Lipinski definition) is 4. The molecule has 0 bridgehead atoms. The number of aliphatic hydroxyl groups is 1. The van der Waals surface area contributed by atoms with Crippen LogP contribution in [0.15, 0.2) is 11.8 Å². The van der Waals surface area contributed by atoms with Crippen molar-refractivity contribution in [3.63, 3.8) is 0 Å². The van der Waals surface area contributed by atoms with Crippen LogP contribution in [-0.2, 0) is 14.1 Å². The van der Waals surface area contributed by atoms with Crippen LogP contribution in [0.25, 0.3) is 0 Å². The number of hydrogen-bond donors (Lipinski definition) is 1. The Bertz CT molecular complexity index is 262. The van der Waals surface area contributed by atoms with Gasteiger partial charge < -0.3 is 9.84 Å². The van der Waals surface area contributed by atoms with Crippen molar-refractivity contribution in [3.05, 3.63) is 11.8 Å². The zero-order valence-corrected chi connectivity index (χ0v) is 9.41. The normalized spacial score (nSPS) is 18.3. The fourth-order valence-electron chi connectivity index (χ4n) is 1.40. The molecule has 1 N–H and O–H groups in total. The lowest BCUT2D eigenvalue weighted by Gasteiger charge is -2.12. The molecule has 1 unspecified atom stereocenters. The van der Waals surface area contributed by atoms with Crippen molar-refractivity contribution in [2.24, 2.45) is 0 Å². The Hall–Kier alpha value is -0.730. The van der Waals surface area contributed by atoms with Crippen LogP contribution < -0.4 is 0 Å². The number of allylic oxidation sites excluding steroid dienone is 2. The molecule has 5 heteroatoms. The summed E-state index contributed by atoms with van der Waals surface area (Å²) in [5.74, 6) is -0.579. The Morgan fingerprint density at radius 2 is 2.40 bits per heavy atom. The van der Waals surface area contributed by atoms with E-state index in [1.165, 1.54) is 0 Å². The molecule has 0 aromatic rings. The highest BCUT2D eigenvalue weighted by atomic mass is 31.1. The third-order valence-corrected chi connectivity index (χ3v) is 2.72. The van der Waals surface area contributed by atoms with E-state index in [0.717, 1.165) is 31.4 Å². The molecule has 15 heavy (non-hydrogen) atoms. The quantitative estimate of drug-likeness (QED) is 0.581. The maximum absolute atomic E-state index is 11.3. The van der Waals surface area contributed by atoms with Crippen LogP contribution in [0.5, 0.6) is 0 Å². The lowest BCUT2D eigenvalue weighted by atomic mass is 10.1. The summed E-state index contributed by atoms with van der Waals surface area (Å²) in [6.45, 7) is 0. The molecule has 0 heterocycles. The SMILES string of the molecule is O=PC(O)CCC(=O)OC1=CCCCC1. The van der Waals surface area contributed by atoms with Gasteiger partial charge in [-0.1, -0.05) is 0 Å². The van der Waals surface area contributed by atoms with E-state index < -0.39 is 5.85 Å². The van der Waals surface area contributed by atoms with Gasteiger partial charge in [0.15, 0.2) is 8.46 Å². The van der Waals surface area contributed by atoms with Crippen LogP contribution >= 0.6 is 8.46 Å². The number of carbonyl (C=O) groups is 1. The Kier molecular flexibility index (Phi) is 5.51. The maximum atomic E-state index is 11.3. The average Bonchev–Trinajstić information content (AvgIpc) is 2.27. The van der Waals surface area contributed by atoms with Crippen molar-refractivity contribution in [2.45, 2.75) is 44.4 Å². The minimum Gasteiger partial charge on any atom is -0.431 e. The highest BCUT2D eigenvalue weighted by Gasteiger charge is 2.12. The van der Waals surface area contributed by atoms with Gasteiger partial charge >= 0.3 is 5.97 Å². The second-order valence-electron chi connectivity index (χ2n) is 3.51. The Balaban J connectivity index is 2.23. The summed E-state index contributed by atoms with van der Waals surface area (Å²) in [6, 6.07) is 0. The minimum absolute atomic E-state index is 0.105. The van der Waals surface area contributed by atoms with Gasteiger partial charge in [-0.05, 0) is 31.8 Å². The van der Waals surface area contributed by atoms with E-state index in [2.05, 4.69) is 0 Å². The summed E-state index contributed by atoms with van der Waals surface area (Å²) in [6.07, 6.45) is 6.20. The Morgan fingerprint density at radius 1 is 1.60 bits per heavy atom. The lowest BCUT2D eigenvalue weighted by Crippen LogP contribution is -2.09. The summed E-state index contributed by atoms with van der Waals surface area (Å²) in [4.78, 5) is 11.3. The fourth-order valence-corrected chi connectivity index (χ4v) is 1.63. The summed E-state index contributed by atoms with van der Waals surface area (Å²) < 4.78 is 15.3. The van der Waals surface area contributed by atoms with Crippen molar-refractivity contribution in [3.8, 4) is 0 Å². The molecular weight excluding hydrogens is 215 g/mol. The van der Waals surface area contributed by atoms with Crippen LogP contribution in [0.4, 0.5) is 0 Å². The van der Waals surface area contributed by atoms with Crippen molar-refractivity contribution in [1.82, 2.24) is 0 Å². The van der Waals surface area contributed by atoms with Gasteiger partial charge in [-0.25, -0.2) is 0 Å². The number of esters is 1. The van der Waals surface area contributed by atoms with E-state index in [4.69, 9.17) is 9.84 Å². The molecule has 0 aromatic heterocycles. The number of rotatable bonds is 5. The van der Waals surface area contributed by atoms with Gasteiger partial charge in [-0.3, -0.25) is 9.36 Å². The molecule has 0 fully saturated rings. The third kappa shape index (κ3) is 5.05. The molecular formula is C10H15O4P. The zero-order valence-electron chi connectivity index (χ0n) is 8.52.